The lowest BCUT2D eigenvalue weighted by atomic mass is 10.0. The number of benzene rings is 2. The van der Waals surface area contributed by atoms with Crippen LogP contribution in [0.2, 0.25) is 0 Å². The molecule has 1 amide bonds. The number of nitrogens with one attached hydrogen (secondary N) is 1. The highest BCUT2D eigenvalue weighted by molar-refractivity contribution is 7.89. The van der Waals surface area contributed by atoms with Crippen molar-refractivity contribution in [3.05, 3.63) is 59.2 Å². The molecular formula is C19H20N2O5S. The molecule has 8 heteroatoms. The number of aromatic carboxylic acids is 1. The average molecular weight is 388 g/mol. The number of carbonyl (C=O) groups is 2. The van der Waals surface area contributed by atoms with E-state index >= 15 is 0 Å². The van der Waals surface area contributed by atoms with E-state index in [1.54, 1.807) is 35.2 Å². The predicted molar refractivity (Wildman–Crippen MR) is 100 cm³/mol. The maximum Gasteiger partial charge on any atom is 0.335 e. The molecule has 0 fully saturated rings. The van der Waals surface area contributed by atoms with Crippen LogP contribution in [0.4, 0.5) is 5.69 Å². The number of carboxylic acids is 1. The van der Waals surface area contributed by atoms with Gasteiger partial charge in [0.05, 0.1) is 10.5 Å². The molecule has 1 heterocycles. The molecule has 0 atom stereocenters. The van der Waals surface area contributed by atoms with Crippen LogP contribution >= 0.6 is 0 Å². The minimum absolute atomic E-state index is 0.113. The zero-order valence-corrected chi connectivity index (χ0v) is 15.6. The Morgan fingerprint density at radius 3 is 2.63 bits per heavy atom. The van der Waals surface area contributed by atoms with Crippen molar-refractivity contribution >= 4 is 27.6 Å². The largest absolute Gasteiger partial charge is 0.478 e. The summed E-state index contributed by atoms with van der Waals surface area (Å²) in [5.74, 6) is -1.12. The van der Waals surface area contributed by atoms with E-state index in [1.807, 2.05) is 0 Å². The number of sulfonamides is 1. The summed E-state index contributed by atoms with van der Waals surface area (Å²) in [4.78, 5) is 25.7. The van der Waals surface area contributed by atoms with Gasteiger partial charge in [0.25, 0.3) is 0 Å². The van der Waals surface area contributed by atoms with Crippen LogP contribution in [0, 0.1) is 0 Å². The molecule has 1 aliphatic heterocycles. The first-order valence-corrected chi connectivity index (χ1v) is 10.00. The molecule has 0 aromatic heterocycles. The molecule has 27 heavy (non-hydrogen) atoms. The van der Waals surface area contributed by atoms with Gasteiger partial charge in [-0.1, -0.05) is 18.2 Å². The number of hydrogen-bond acceptors (Lipinski definition) is 4. The maximum atomic E-state index is 12.6. The fraction of sp³-hybridized carbons (Fsp3) is 0.263. The summed E-state index contributed by atoms with van der Waals surface area (Å²) in [6.07, 6.45) is 1.10. The van der Waals surface area contributed by atoms with Gasteiger partial charge in [-0.05, 0) is 55.3 Å². The van der Waals surface area contributed by atoms with Gasteiger partial charge in [0.15, 0.2) is 0 Å². The monoisotopic (exact) mass is 388 g/mol. The number of rotatable bonds is 6. The van der Waals surface area contributed by atoms with Gasteiger partial charge in [0.2, 0.25) is 15.9 Å². The van der Waals surface area contributed by atoms with Crippen LogP contribution in [0.1, 0.15) is 27.9 Å². The molecule has 142 valence electrons. The highest BCUT2D eigenvalue weighted by Gasteiger charge is 2.26. The minimum Gasteiger partial charge on any atom is -0.478 e. The van der Waals surface area contributed by atoms with Crippen molar-refractivity contribution in [2.75, 3.05) is 18.5 Å². The fourth-order valence-electron chi connectivity index (χ4n) is 3.25. The lowest BCUT2D eigenvalue weighted by molar-refractivity contribution is -0.118. The van der Waals surface area contributed by atoms with Crippen molar-refractivity contribution in [2.45, 2.75) is 24.2 Å². The van der Waals surface area contributed by atoms with Gasteiger partial charge < -0.3 is 10.0 Å². The van der Waals surface area contributed by atoms with Crippen LogP contribution in [0.5, 0.6) is 0 Å². The third kappa shape index (κ3) is 3.86. The summed E-state index contributed by atoms with van der Waals surface area (Å²) in [6, 6.07) is 11.4. The first-order valence-electron chi connectivity index (χ1n) is 8.51. The van der Waals surface area contributed by atoms with Crippen molar-refractivity contribution in [1.82, 2.24) is 4.72 Å². The van der Waals surface area contributed by atoms with E-state index in [9.17, 15) is 23.1 Å². The Balaban J connectivity index is 1.75. The standard InChI is InChI=1S/C19H20N2O5S/c1-20-27(25,26)15-7-8-17-14(12-15)10-11-21(17)18(22)9-6-13-4-2-3-5-16(13)19(23)24/h2-5,7-8,12,20H,6,9-11H2,1H3,(H,23,24). The molecule has 0 spiro atoms. The number of carboxylic acid groups (broad SMARTS) is 1. The van der Waals surface area contributed by atoms with Gasteiger partial charge in [-0.25, -0.2) is 17.9 Å². The van der Waals surface area contributed by atoms with Crippen molar-refractivity contribution in [3.8, 4) is 0 Å². The van der Waals surface area contributed by atoms with Crippen LogP contribution in [-0.2, 0) is 27.7 Å². The van der Waals surface area contributed by atoms with E-state index in [1.165, 1.54) is 19.2 Å². The molecular weight excluding hydrogens is 368 g/mol. The Morgan fingerprint density at radius 2 is 1.93 bits per heavy atom. The normalized spacial score (nSPS) is 13.4. The van der Waals surface area contributed by atoms with Crippen molar-refractivity contribution in [2.24, 2.45) is 0 Å². The highest BCUT2D eigenvalue weighted by Crippen LogP contribution is 2.31. The molecule has 0 bridgehead atoms. The third-order valence-electron chi connectivity index (χ3n) is 4.68. The maximum absolute atomic E-state index is 12.6. The lowest BCUT2D eigenvalue weighted by Gasteiger charge is -2.18. The number of hydrogen-bond donors (Lipinski definition) is 2. The van der Waals surface area contributed by atoms with E-state index in [0.717, 1.165) is 5.56 Å². The first-order chi connectivity index (χ1) is 12.8. The molecule has 2 aromatic rings. The highest BCUT2D eigenvalue weighted by atomic mass is 32.2. The quantitative estimate of drug-likeness (QED) is 0.786. The van der Waals surface area contributed by atoms with Gasteiger partial charge in [-0.15, -0.1) is 0 Å². The number of carbonyl (C=O) groups excluding carboxylic acids is 1. The van der Waals surface area contributed by atoms with Crippen molar-refractivity contribution < 1.29 is 23.1 Å². The second-order valence-corrected chi connectivity index (χ2v) is 8.14. The number of fused-ring (bicyclic) bond motifs is 1. The SMILES string of the molecule is CNS(=O)(=O)c1ccc2c(c1)CCN2C(=O)CCc1ccccc1C(=O)O. The number of amides is 1. The van der Waals surface area contributed by atoms with Crippen LogP contribution < -0.4 is 9.62 Å². The molecule has 0 saturated carbocycles. The summed E-state index contributed by atoms with van der Waals surface area (Å²) in [6.45, 7) is 0.484. The van der Waals surface area contributed by atoms with E-state index in [-0.39, 0.29) is 22.8 Å². The summed E-state index contributed by atoms with van der Waals surface area (Å²) in [7, 11) is -2.17. The number of aryl methyl sites for hydroxylation is 1. The topological polar surface area (TPSA) is 104 Å². The smallest absolute Gasteiger partial charge is 0.335 e. The zero-order chi connectivity index (χ0) is 19.6. The minimum atomic E-state index is -3.53. The van der Waals surface area contributed by atoms with Crippen LogP contribution in [0.3, 0.4) is 0 Å². The Hall–Kier alpha value is -2.71. The zero-order valence-electron chi connectivity index (χ0n) is 14.8. The predicted octanol–water partition coefficient (Wildman–Crippen LogP) is 1.81. The van der Waals surface area contributed by atoms with Crippen LogP contribution in [0.25, 0.3) is 0 Å². The Bertz CT molecular complexity index is 1000. The molecule has 2 aromatic carbocycles. The van der Waals surface area contributed by atoms with Gasteiger partial charge in [-0.3, -0.25) is 4.79 Å². The van der Waals surface area contributed by atoms with Crippen molar-refractivity contribution in [3.63, 3.8) is 0 Å². The second-order valence-electron chi connectivity index (χ2n) is 6.26. The van der Waals surface area contributed by atoms with Crippen LogP contribution in [-0.4, -0.2) is 39.0 Å². The molecule has 1 aliphatic rings. The van der Waals surface area contributed by atoms with Gasteiger partial charge in [-0.2, -0.15) is 0 Å². The lowest BCUT2D eigenvalue weighted by Crippen LogP contribution is -2.29. The van der Waals surface area contributed by atoms with E-state index in [4.69, 9.17) is 0 Å². The Labute approximate surface area is 157 Å². The van der Waals surface area contributed by atoms with Gasteiger partial charge in [0.1, 0.15) is 0 Å². The molecule has 0 radical (unpaired) electrons. The Kier molecular flexibility index (Phi) is 5.29. The fourth-order valence-corrected chi connectivity index (χ4v) is 4.03. The molecule has 0 unspecified atom stereocenters. The number of anilines is 1. The third-order valence-corrected chi connectivity index (χ3v) is 6.09. The molecule has 0 aliphatic carbocycles. The number of nitrogens with zero attached hydrogens (tertiary/aromatic N) is 1. The van der Waals surface area contributed by atoms with Crippen LogP contribution in [0.15, 0.2) is 47.4 Å². The molecule has 0 saturated heterocycles. The van der Waals surface area contributed by atoms with Gasteiger partial charge >= 0.3 is 5.97 Å². The summed E-state index contributed by atoms with van der Waals surface area (Å²) >= 11 is 0. The molecule has 7 nitrogen and oxygen atoms in total. The summed E-state index contributed by atoms with van der Waals surface area (Å²) in [5, 5.41) is 9.24. The van der Waals surface area contributed by atoms with E-state index in [2.05, 4.69) is 4.72 Å². The van der Waals surface area contributed by atoms with Gasteiger partial charge in [0, 0.05) is 18.7 Å². The summed E-state index contributed by atoms with van der Waals surface area (Å²) in [5.41, 5.74) is 2.34. The average Bonchev–Trinajstić information content (AvgIpc) is 3.09. The van der Waals surface area contributed by atoms with E-state index in [0.29, 0.717) is 30.6 Å². The Morgan fingerprint density at radius 1 is 1.19 bits per heavy atom. The molecule has 2 N–H and O–H groups in total. The second kappa shape index (κ2) is 7.50. The van der Waals surface area contributed by atoms with Crippen molar-refractivity contribution in [1.29, 1.82) is 0 Å². The van der Waals surface area contributed by atoms with E-state index < -0.39 is 16.0 Å². The first kappa shape index (κ1) is 19.1. The summed E-state index contributed by atoms with van der Waals surface area (Å²) < 4.78 is 26.1. The molecule has 3 rings (SSSR count).